The van der Waals surface area contributed by atoms with Gasteiger partial charge in [-0.1, -0.05) is 167 Å². The Morgan fingerprint density at radius 3 is 1.28 bits per heavy atom. The first kappa shape index (κ1) is 101. The van der Waals surface area contributed by atoms with E-state index in [4.69, 9.17) is 56.8 Å². The maximum absolute atomic E-state index is 13.5. The van der Waals surface area contributed by atoms with Gasteiger partial charge in [-0.2, -0.15) is 0 Å². The molecule has 0 bridgehead atoms. The fraction of sp³-hybridized carbons (Fsp3) is 0.922. The number of carboxylic acid groups (broad SMARTS) is 1. The van der Waals surface area contributed by atoms with Crippen molar-refractivity contribution in [3.8, 4) is 0 Å². The Bertz CT molecular complexity index is 2800. The molecule has 0 saturated carbocycles. The molecule has 0 aromatic heterocycles. The van der Waals surface area contributed by atoms with Crippen LogP contribution >= 0.6 is 0 Å². The van der Waals surface area contributed by atoms with Crippen molar-refractivity contribution < 1.29 is 178 Å². The summed E-state index contributed by atoms with van der Waals surface area (Å²) in [5.41, 5.74) is 0. The van der Waals surface area contributed by atoms with Crippen LogP contribution in [0.3, 0.4) is 0 Å². The Morgan fingerprint density at radius 2 is 0.836 bits per heavy atom. The number of aliphatic hydroxyl groups excluding tert-OH is 19. The molecule has 6 aliphatic heterocycles. The zero-order chi connectivity index (χ0) is 85.3. The molecule has 6 heterocycles. The van der Waals surface area contributed by atoms with Gasteiger partial charge in [-0.25, -0.2) is 4.79 Å². The number of unbranched alkanes of at least 4 members (excludes halogenated alkanes) is 23. The van der Waals surface area contributed by atoms with Gasteiger partial charge in [-0.05, 0) is 19.3 Å². The lowest BCUT2D eigenvalue weighted by atomic mass is 9.88. The van der Waals surface area contributed by atoms with Crippen molar-refractivity contribution >= 4 is 23.7 Å². The van der Waals surface area contributed by atoms with Crippen LogP contribution in [-0.4, -0.2) is 374 Å². The average molecular weight is 1680 g/mol. The van der Waals surface area contributed by atoms with Gasteiger partial charge in [0.15, 0.2) is 31.5 Å². The van der Waals surface area contributed by atoms with E-state index in [1.807, 2.05) is 6.08 Å². The third kappa shape index (κ3) is 29.3. The van der Waals surface area contributed by atoms with Gasteiger partial charge in [0.05, 0.1) is 70.5 Å². The van der Waals surface area contributed by atoms with E-state index < -0.39 is 272 Å². The highest BCUT2D eigenvalue weighted by atomic mass is 16.8. The Hall–Kier alpha value is -3.62. The summed E-state index contributed by atoms with van der Waals surface area (Å²) in [5.74, 6) is -7.53. The van der Waals surface area contributed by atoms with Crippen LogP contribution in [0.4, 0.5) is 0 Å². The monoisotopic (exact) mass is 1680 g/mol. The third-order valence-electron chi connectivity index (χ3n) is 22.2. The fourth-order valence-electron chi connectivity index (χ4n) is 15.4. The standard InChI is InChI=1S/C77H137N3O36/c1-5-7-9-11-13-15-17-19-21-23-25-27-29-31-44(89)43(80-52(92)32-30-28-26-24-22-20-18-16-14-12-10-8-6-2)40-105-72-61(99)60(98)65(51(39-86)110-72)111-73-63(101)69(58(96)49(37-84)107-73)114-74-62(100)68(57(95)48(36-83)108-74)113-71-54(79-42(4)88)66(56(94)47(35-82)106-71)112-75-64(102)70(59(97)50(38-85)109-75)116-77(76(103)104)33-45(90)53(78-41(3)87)67(115-77)55(93)46(91)34-81/h29,31,43-51,53-75,81-86,89-91,93-102H,5-28,30,32-40H2,1-4H3,(H,78,87)(H,79,88)(H,80,92)(H,103,104)/b31-29+/t43-,44+,45?,46+,47?,48?,49?,50?,51?,53+,54?,55+,56-,57-,58-,59-,60+,61?,62?,63?,64?,65+,66+,67?,68-,69-,70-,71-,72+,73-,74+,75-,77-/m0/s1. The first-order valence-corrected chi connectivity index (χ1v) is 41.6. The number of nitrogens with one attached hydrogen (secondary N) is 3. The molecule has 0 aromatic rings. The summed E-state index contributed by atoms with van der Waals surface area (Å²) in [6.07, 6.45) is -29.7. The Morgan fingerprint density at radius 1 is 0.448 bits per heavy atom. The number of carboxylic acids is 1. The second kappa shape index (κ2) is 52.1. The lowest BCUT2D eigenvalue weighted by Gasteiger charge is -2.51. The van der Waals surface area contributed by atoms with Gasteiger partial charge in [0.1, 0.15) is 140 Å². The SMILES string of the molecule is CCCCCCCCCCCCC/C=C/[C@@H](O)[C@H](CO[C@@H]1OC(CO)[C@@H](O[C@@H]2OC(CO)[C@H](O)[C@H](O[C@H]3OC(CO)[C@H](O)[C@H](O[C@@H]4OC(CO)[C@H](O)[C@H](O[C@@H]5OC(CO)[C@H](O)[C@H](O[C@]6(C(=O)O)CC(O)[C@@H](NC(C)=O)C([C@H](O)[C@H](O)CO)O6)C5O)C4NC(C)=O)C3O)C2O)[C@H](O)C1O)NC(=O)CCCCCCCCCCCCCCC. The normalized spacial score (nSPS) is 36.9. The zero-order valence-corrected chi connectivity index (χ0v) is 67.1. The van der Waals surface area contributed by atoms with Crippen molar-refractivity contribution in [1.29, 1.82) is 0 Å². The van der Waals surface area contributed by atoms with E-state index in [0.29, 0.717) is 12.8 Å². The molecule has 23 N–H and O–H groups in total. The van der Waals surface area contributed by atoms with E-state index in [1.165, 1.54) is 96.3 Å². The topological polar surface area (TPSA) is 620 Å². The number of aliphatic hydroxyl groups is 19. The highest BCUT2D eigenvalue weighted by Crippen LogP contribution is 2.41. The Balaban J connectivity index is 1.14. The van der Waals surface area contributed by atoms with Crippen molar-refractivity contribution in [1.82, 2.24) is 16.0 Å². The number of amides is 3. The van der Waals surface area contributed by atoms with Gasteiger partial charge in [-0.15, -0.1) is 0 Å². The first-order valence-electron chi connectivity index (χ1n) is 41.6. The zero-order valence-electron chi connectivity index (χ0n) is 67.1. The maximum atomic E-state index is 13.5. The number of carbonyl (C=O) groups is 4. The van der Waals surface area contributed by atoms with Crippen molar-refractivity contribution in [3.05, 3.63) is 12.2 Å². The second-order valence-corrected chi connectivity index (χ2v) is 31.4. The predicted octanol–water partition coefficient (Wildman–Crippen LogP) is -4.00. The van der Waals surface area contributed by atoms with E-state index in [1.54, 1.807) is 6.08 Å². The first-order chi connectivity index (χ1) is 55.5. The quantitative estimate of drug-likeness (QED) is 0.0204. The molecule has 0 aliphatic carbocycles. The predicted molar refractivity (Wildman–Crippen MR) is 402 cm³/mol. The summed E-state index contributed by atoms with van der Waals surface area (Å²) >= 11 is 0. The molecule has 6 rings (SSSR count). The molecule has 3 amide bonds. The number of carbonyl (C=O) groups excluding carboxylic acids is 3. The van der Waals surface area contributed by atoms with Gasteiger partial charge < -0.3 is 175 Å². The van der Waals surface area contributed by atoms with E-state index in [9.17, 15) is 121 Å². The van der Waals surface area contributed by atoms with Crippen LogP contribution < -0.4 is 16.0 Å². The molecular weight excluding hydrogens is 1540 g/mol. The minimum Gasteiger partial charge on any atom is -0.477 e. The molecule has 6 fully saturated rings. The summed E-state index contributed by atoms with van der Waals surface area (Å²) in [7, 11) is 0. The van der Waals surface area contributed by atoms with Crippen LogP contribution in [0, 0.1) is 0 Å². The van der Waals surface area contributed by atoms with Gasteiger partial charge in [-0.3, -0.25) is 14.4 Å². The average Bonchev–Trinajstić information content (AvgIpc) is 0.751. The summed E-state index contributed by atoms with van der Waals surface area (Å²) in [6, 6.07) is -4.76. The second-order valence-electron chi connectivity index (χ2n) is 31.4. The molecule has 12 unspecified atom stereocenters. The van der Waals surface area contributed by atoms with Crippen LogP contribution in [0.5, 0.6) is 0 Å². The summed E-state index contributed by atoms with van der Waals surface area (Å²) in [5, 5.41) is 231. The Kier molecular flexibility index (Phi) is 45.5. The molecule has 0 aromatic carbocycles. The van der Waals surface area contributed by atoms with Crippen molar-refractivity contribution in [2.45, 2.75) is 403 Å². The van der Waals surface area contributed by atoms with Gasteiger partial charge >= 0.3 is 5.97 Å². The molecule has 0 spiro atoms. The molecule has 33 atom stereocenters. The summed E-state index contributed by atoms with van der Waals surface area (Å²) in [6.45, 7) is -0.747. The van der Waals surface area contributed by atoms with E-state index in [2.05, 4.69) is 29.8 Å². The van der Waals surface area contributed by atoms with Gasteiger partial charge in [0.25, 0.3) is 5.79 Å². The number of hydrogen-bond acceptors (Lipinski definition) is 35. The molecule has 39 heteroatoms. The van der Waals surface area contributed by atoms with E-state index >= 15 is 0 Å². The molecular formula is C77H137N3O36. The summed E-state index contributed by atoms with van der Waals surface area (Å²) < 4.78 is 70.6. The third-order valence-corrected chi connectivity index (χ3v) is 22.2. The number of allylic oxidation sites excluding steroid dienone is 1. The van der Waals surface area contributed by atoms with E-state index in [0.717, 1.165) is 65.2 Å². The van der Waals surface area contributed by atoms with Crippen LogP contribution in [-0.2, 0) is 76.0 Å². The van der Waals surface area contributed by atoms with Crippen LogP contribution in [0.15, 0.2) is 12.2 Å². The smallest absolute Gasteiger partial charge is 0.364 e. The molecule has 6 aliphatic rings. The fourth-order valence-corrected chi connectivity index (χ4v) is 15.4. The van der Waals surface area contributed by atoms with Crippen molar-refractivity contribution in [3.63, 3.8) is 0 Å². The lowest BCUT2D eigenvalue weighted by Crippen LogP contribution is -2.71. The molecule has 39 nitrogen and oxygen atoms in total. The number of rotatable bonds is 53. The Labute approximate surface area is 676 Å². The van der Waals surface area contributed by atoms with Crippen molar-refractivity contribution in [2.75, 3.05) is 46.2 Å². The molecule has 0 radical (unpaired) electrons. The van der Waals surface area contributed by atoms with Crippen LogP contribution in [0.2, 0.25) is 0 Å². The summed E-state index contributed by atoms with van der Waals surface area (Å²) in [4.78, 5) is 52.1. The van der Waals surface area contributed by atoms with Gasteiger partial charge in [0.2, 0.25) is 17.7 Å². The highest BCUT2D eigenvalue weighted by molar-refractivity contribution is 5.77. The van der Waals surface area contributed by atoms with Crippen LogP contribution in [0.1, 0.15) is 201 Å². The number of hydrogen-bond donors (Lipinski definition) is 23. The number of ether oxygens (including phenoxy) is 12. The van der Waals surface area contributed by atoms with Crippen molar-refractivity contribution in [2.24, 2.45) is 0 Å². The maximum Gasteiger partial charge on any atom is 0.364 e. The molecule has 6 saturated heterocycles. The number of aliphatic carboxylic acids is 1. The minimum absolute atomic E-state index is 0.157. The van der Waals surface area contributed by atoms with Crippen LogP contribution in [0.25, 0.3) is 0 Å². The minimum atomic E-state index is -3.25. The molecule has 116 heavy (non-hydrogen) atoms. The molecule has 676 valence electrons. The van der Waals surface area contributed by atoms with Gasteiger partial charge in [0, 0.05) is 26.7 Å². The highest BCUT2D eigenvalue weighted by Gasteiger charge is 2.62. The van der Waals surface area contributed by atoms with E-state index in [-0.39, 0.29) is 12.3 Å². The largest absolute Gasteiger partial charge is 0.477 e. The lowest BCUT2D eigenvalue weighted by molar-refractivity contribution is -0.393.